The second-order valence-electron chi connectivity index (χ2n) is 5.72. The van der Waals surface area contributed by atoms with Crippen molar-refractivity contribution < 1.29 is 14.3 Å². The first-order valence-corrected chi connectivity index (χ1v) is 6.61. The maximum absolute atomic E-state index is 12.2. The Kier molecular flexibility index (Phi) is 5.64. The predicted molar refractivity (Wildman–Crippen MR) is 73.6 cm³/mol. The molecule has 1 aliphatic rings. The number of morpholine rings is 1. The SMILES string of the molecule is C#CCCC(N)C1COCCN1C(=O)OC(C)(C)C. The third-order valence-electron chi connectivity index (χ3n) is 2.91. The fraction of sp³-hybridized carbons (Fsp3) is 0.786. The standard InChI is InChI=1S/C14H24N2O3/c1-5-6-7-11(15)12-10-18-9-8-16(12)13(17)19-14(2,3)4/h1,11-12H,6-10,15H2,2-4H3. The van der Waals surface area contributed by atoms with Crippen molar-refractivity contribution in [2.24, 2.45) is 5.73 Å². The summed E-state index contributed by atoms with van der Waals surface area (Å²) >= 11 is 0. The Morgan fingerprint density at radius 2 is 2.32 bits per heavy atom. The topological polar surface area (TPSA) is 64.8 Å². The fourth-order valence-electron chi connectivity index (χ4n) is 1.97. The van der Waals surface area contributed by atoms with Crippen LogP contribution in [-0.2, 0) is 9.47 Å². The smallest absolute Gasteiger partial charge is 0.410 e. The van der Waals surface area contributed by atoms with Gasteiger partial charge in [-0.25, -0.2) is 4.79 Å². The molecular formula is C14H24N2O3. The molecule has 0 aromatic rings. The molecule has 0 aliphatic carbocycles. The molecule has 1 heterocycles. The van der Waals surface area contributed by atoms with Gasteiger partial charge in [0.1, 0.15) is 5.60 Å². The van der Waals surface area contributed by atoms with Crippen LogP contribution in [0.1, 0.15) is 33.6 Å². The minimum Gasteiger partial charge on any atom is -0.444 e. The number of hydrogen-bond donors (Lipinski definition) is 1. The summed E-state index contributed by atoms with van der Waals surface area (Å²) in [6, 6.07) is -0.360. The first-order valence-electron chi connectivity index (χ1n) is 6.61. The van der Waals surface area contributed by atoms with Crippen LogP contribution in [0.5, 0.6) is 0 Å². The van der Waals surface area contributed by atoms with Crippen molar-refractivity contribution in [2.75, 3.05) is 19.8 Å². The lowest BCUT2D eigenvalue weighted by atomic mass is 10.0. The predicted octanol–water partition coefficient (Wildman–Crippen LogP) is 1.36. The molecule has 1 rings (SSSR count). The summed E-state index contributed by atoms with van der Waals surface area (Å²) in [5, 5.41) is 0. The number of ether oxygens (including phenoxy) is 2. The average molecular weight is 268 g/mol. The molecule has 2 N–H and O–H groups in total. The first-order chi connectivity index (χ1) is 8.85. The molecule has 0 saturated carbocycles. The van der Waals surface area contributed by atoms with Gasteiger partial charge < -0.3 is 15.2 Å². The van der Waals surface area contributed by atoms with Gasteiger partial charge in [-0.3, -0.25) is 4.90 Å². The van der Waals surface area contributed by atoms with Gasteiger partial charge in [0.15, 0.2) is 0 Å². The van der Waals surface area contributed by atoms with E-state index >= 15 is 0 Å². The van der Waals surface area contributed by atoms with Crippen molar-refractivity contribution in [3.05, 3.63) is 0 Å². The van der Waals surface area contributed by atoms with E-state index in [0.29, 0.717) is 32.6 Å². The van der Waals surface area contributed by atoms with Crippen LogP contribution in [0.25, 0.3) is 0 Å². The average Bonchev–Trinajstić information content (AvgIpc) is 2.34. The second-order valence-corrected chi connectivity index (χ2v) is 5.72. The van der Waals surface area contributed by atoms with Crippen molar-refractivity contribution in [3.63, 3.8) is 0 Å². The lowest BCUT2D eigenvalue weighted by Gasteiger charge is -2.39. The molecule has 1 fully saturated rings. The second kappa shape index (κ2) is 6.78. The monoisotopic (exact) mass is 268 g/mol. The molecule has 1 aliphatic heterocycles. The van der Waals surface area contributed by atoms with Crippen molar-refractivity contribution in [1.82, 2.24) is 4.90 Å². The van der Waals surface area contributed by atoms with E-state index in [0.717, 1.165) is 0 Å². The minimum atomic E-state index is -0.511. The molecule has 2 unspecified atom stereocenters. The molecule has 1 saturated heterocycles. The number of rotatable bonds is 3. The Balaban J connectivity index is 2.67. The van der Waals surface area contributed by atoms with Gasteiger partial charge in [-0.1, -0.05) is 0 Å². The van der Waals surface area contributed by atoms with Crippen LogP contribution < -0.4 is 5.73 Å². The van der Waals surface area contributed by atoms with E-state index in [1.165, 1.54) is 0 Å². The Morgan fingerprint density at radius 1 is 1.63 bits per heavy atom. The summed E-state index contributed by atoms with van der Waals surface area (Å²) in [7, 11) is 0. The van der Waals surface area contributed by atoms with Crippen molar-refractivity contribution in [1.29, 1.82) is 0 Å². The molecule has 0 spiro atoms. The number of nitrogens with zero attached hydrogens (tertiary/aromatic N) is 1. The molecule has 5 heteroatoms. The Labute approximate surface area is 115 Å². The van der Waals surface area contributed by atoms with Crippen molar-refractivity contribution in [2.45, 2.75) is 51.3 Å². The molecule has 0 bridgehead atoms. The lowest BCUT2D eigenvalue weighted by molar-refractivity contribution is -0.0383. The molecule has 108 valence electrons. The van der Waals surface area contributed by atoms with E-state index in [2.05, 4.69) is 5.92 Å². The van der Waals surface area contributed by atoms with Crippen LogP contribution in [0.15, 0.2) is 0 Å². The van der Waals surface area contributed by atoms with E-state index < -0.39 is 5.60 Å². The molecule has 19 heavy (non-hydrogen) atoms. The molecule has 2 atom stereocenters. The molecule has 1 amide bonds. The summed E-state index contributed by atoms with van der Waals surface area (Å²) in [6.45, 7) is 6.99. The molecule has 0 aromatic heterocycles. The van der Waals surface area contributed by atoms with Gasteiger partial charge in [0.25, 0.3) is 0 Å². The minimum absolute atomic E-state index is 0.169. The largest absolute Gasteiger partial charge is 0.444 e. The summed E-state index contributed by atoms with van der Waals surface area (Å²) in [4.78, 5) is 13.8. The molecule has 0 radical (unpaired) electrons. The van der Waals surface area contributed by atoms with Crippen LogP contribution in [-0.4, -0.2) is 48.4 Å². The number of terminal acetylenes is 1. The first kappa shape index (κ1) is 15.8. The van der Waals surface area contributed by atoms with Gasteiger partial charge in [0, 0.05) is 19.0 Å². The number of nitrogens with two attached hydrogens (primary N) is 1. The Hall–Kier alpha value is -1.25. The zero-order valence-corrected chi connectivity index (χ0v) is 12.0. The van der Waals surface area contributed by atoms with Crippen molar-refractivity contribution >= 4 is 6.09 Å². The number of carbonyl (C=O) groups excluding carboxylic acids is 1. The van der Waals surface area contributed by atoms with E-state index in [-0.39, 0.29) is 18.2 Å². The highest BCUT2D eigenvalue weighted by molar-refractivity contribution is 5.68. The number of amides is 1. The van der Waals surface area contributed by atoms with E-state index in [4.69, 9.17) is 21.6 Å². The number of carbonyl (C=O) groups is 1. The van der Waals surface area contributed by atoms with Crippen LogP contribution in [0, 0.1) is 12.3 Å². The van der Waals surface area contributed by atoms with Gasteiger partial charge in [0.05, 0.1) is 19.3 Å². The van der Waals surface area contributed by atoms with E-state index in [1.54, 1.807) is 4.90 Å². The highest BCUT2D eigenvalue weighted by Crippen LogP contribution is 2.17. The summed E-state index contributed by atoms with van der Waals surface area (Å²) in [6.07, 6.45) is 6.17. The lowest BCUT2D eigenvalue weighted by Crippen LogP contribution is -2.57. The Bertz CT molecular complexity index is 344. The van der Waals surface area contributed by atoms with Gasteiger partial charge in [-0.2, -0.15) is 0 Å². The highest BCUT2D eigenvalue weighted by Gasteiger charge is 2.34. The third kappa shape index (κ3) is 5.09. The zero-order chi connectivity index (χ0) is 14.5. The summed E-state index contributed by atoms with van der Waals surface area (Å²) in [5.41, 5.74) is 5.59. The number of hydrogen-bond acceptors (Lipinski definition) is 4. The van der Waals surface area contributed by atoms with Crippen molar-refractivity contribution in [3.8, 4) is 12.3 Å². The van der Waals surface area contributed by atoms with Crippen LogP contribution in [0.3, 0.4) is 0 Å². The molecule has 5 nitrogen and oxygen atoms in total. The Morgan fingerprint density at radius 3 is 2.89 bits per heavy atom. The third-order valence-corrected chi connectivity index (χ3v) is 2.91. The van der Waals surface area contributed by atoms with Gasteiger partial charge >= 0.3 is 6.09 Å². The van der Waals surface area contributed by atoms with Gasteiger partial charge in [0.2, 0.25) is 0 Å². The quantitative estimate of drug-likeness (QED) is 0.785. The highest BCUT2D eigenvalue weighted by atomic mass is 16.6. The zero-order valence-electron chi connectivity index (χ0n) is 12.0. The van der Waals surface area contributed by atoms with Crippen LogP contribution >= 0.6 is 0 Å². The molecular weight excluding hydrogens is 244 g/mol. The van der Waals surface area contributed by atoms with Crippen LogP contribution in [0.2, 0.25) is 0 Å². The maximum atomic E-state index is 12.2. The van der Waals surface area contributed by atoms with Gasteiger partial charge in [-0.15, -0.1) is 12.3 Å². The van der Waals surface area contributed by atoms with Gasteiger partial charge in [-0.05, 0) is 27.2 Å². The normalized spacial score (nSPS) is 21.6. The summed E-state index contributed by atoms with van der Waals surface area (Å²) < 4.78 is 10.8. The van der Waals surface area contributed by atoms with E-state index in [1.807, 2.05) is 20.8 Å². The van der Waals surface area contributed by atoms with Crippen LogP contribution in [0.4, 0.5) is 4.79 Å². The fourth-order valence-corrected chi connectivity index (χ4v) is 1.97. The van der Waals surface area contributed by atoms with E-state index in [9.17, 15) is 4.79 Å². The molecule has 0 aromatic carbocycles. The maximum Gasteiger partial charge on any atom is 0.410 e. The summed E-state index contributed by atoms with van der Waals surface area (Å²) in [5.74, 6) is 2.56.